The first-order valence-corrected chi connectivity index (χ1v) is 10.8. The summed E-state index contributed by atoms with van der Waals surface area (Å²) in [5.41, 5.74) is 4.31. The normalized spacial score (nSPS) is 16.0. The van der Waals surface area contributed by atoms with E-state index in [1.165, 1.54) is 10.4 Å². The largest absolute Gasteiger partial charge is 0.352 e. The molecule has 0 radical (unpaired) electrons. The summed E-state index contributed by atoms with van der Waals surface area (Å²) >= 11 is 1.60. The molecule has 2 aromatic rings. The number of rotatable bonds is 6. The SMILES string of the molecule is CCN(CC)C(=O)c1cc2c(s1)CCC(C(=O)NCc1c(C)nn(C)c1C)C2. The van der Waals surface area contributed by atoms with E-state index >= 15 is 0 Å². The minimum absolute atomic E-state index is 0.0317. The van der Waals surface area contributed by atoms with Gasteiger partial charge in [0.05, 0.1) is 10.6 Å². The van der Waals surface area contributed by atoms with E-state index in [0.717, 1.165) is 47.8 Å². The average molecular weight is 403 g/mol. The Labute approximate surface area is 170 Å². The fourth-order valence-corrected chi connectivity index (χ4v) is 5.09. The summed E-state index contributed by atoms with van der Waals surface area (Å²) in [5, 5.41) is 7.51. The summed E-state index contributed by atoms with van der Waals surface area (Å²) in [4.78, 5) is 29.3. The number of aromatic nitrogens is 2. The number of nitrogens with zero attached hydrogens (tertiary/aromatic N) is 3. The quantitative estimate of drug-likeness (QED) is 0.808. The van der Waals surface area contributed by atoms with Gasteiger partial charge in [0.2, 0.25) is 5.91 Å². The molecule has 152 valence electrons. The Hall–Kier alpha value is -2.15. The molecule has 7 heteroatoms. The van der Waals surface area contributed by atoms with Gasteiger partial charge >= 0.3 is 0 Å². The van der Waals surface area contributed by atoms with E-state index in [2.05, 4.69) is 10.4 Å². The Bertz CT molecular complexity index is 879. The Morgan fingerprint density at radius 1 is 1.32 bits per heavy atom. The van der Waals surface area contributed by atoms with Crippen LogP contribution >= 0.6 is 11.3 Å². The molecule has 1 N–H and O–H groups in total. The third-order valence-electron chi connectivity index (χ3n) is 5.81. The fraction of sp³-hybridized carbons (Fsp3) is 0.571. The van der Waals surface area contributed by atoms with Gasteiger partial charge in [-0.05, 0) is 58.6 Å². The molecule has 0 saturated heterocycles. The van der Waals surface area contributed by atoms with E-state index in [1.807, 2.05) is 50.4 Å². The third-order valence-corrected chi connectivity index (χ3v) is 7.04. The molecule has 0 fully saturated rings. The lowest BCUT2D eigenvalue weighted by molar-refractivity contribution is -0.125. The van der Waals surface area contributed by atoms with Gasteiger partial charge in [0.1, 0.15) is 0 Å². The first-order valence-electron chi connectivity index (χ1n) is 10.0. The zero-order chi connectivity index (χ0) is 20.4. The van der Waals surface area contributed by atoms with Crippen molar-refractivity contribution in [2.24, 2.45) is 13.0 Å². The molecule has 2 amide bonds. The molecular formula is C21H30N4O2S. The number of fused-ring (bicyclic) bond motifs is 1. The summed E-state index contributed by atoms with van der Waals surface area (Å²) in [6.45, 7) is 9.95. The lowest BCUT2D eigenvalue weighted by Gasteiger charge is -2.21. The zero-order valence-electron chi connectivity index (χ0n) is 17.5. The predicted octanol–water partition coefficient (Wildman–Crippen LogP) is 3.00. The van der Waals surface area contributed by atoms with Gasteiger partial charge in [-0.15, -0.1) is 11.3 Å². The van der Waals surface area contributed by atoms with E-state index in [4.69, 9.17) is 0 Å². The van der Waals surface area contributed by atoms with Gasteiger partial charge in [-0.2, -0.15) is 5.10 Å². The Morgan fingerprint density at radius 3 is 2.64 bits per heavy atom. The van der Waals surface area contributed by atoms with Crippen LogP contribution in [0.15, 0.2) is 6.07 Å². The van der Waals surface area contributed by atoms with Crippen molar-refractivity contribution in [3.63, 3.8) is 0 Å². The van der Waals surface area contributed by atoms with Crippen LogP contribution in [0.5, 0.6) is 0 Å². The van der Waals surface area contributed by atoms with Crippen LogP contribution < -0.4 is 5.32 Å². The molecule has 0 spiro atoms. The summed E-state index contributed by atoms with van der Waals surface area (Å²) in [7, 11) is 1.92. The number of thiophene rings is 1. The molecule has 3 rings (SSSR count). The van der Waals surface area contributed by atoms with Crippen LogP contribution in [0.25, 0.3) is 0 Å². The number of nitrogens with one attached hydrogen (secondary N) is 1. The summed E-state index contributed by atoms with van der Waals surface area (Å²) < 4.78 is 1.85. The Morgan fingerprint density at radius 2 is 2.04 bits per heavy atom. The van der Waals surface area contributed by atoms with Gasteiger partial charge in [0.25, 0.3) is 5.91 Å². The van der Waals surface area contributed by atoms with Crippen molar-refractivity contribution in [3.8, 4) is 0 Å². The maximum Gasteiger partial charge on any atom is 0.263 e. The lowest BCUT2D eigenvalue weighted by atomic mass is 9.87. The van der Waals surface area contributed by atoms with Crippen molar-refractivity contribution in [1.82, 2.24) is 20.0 Å². The Balaban J connectivity index is 1.64. The standard InChI is InChI=1S/C21H30N4O2S/c1-6-25(7-2)21(27)19-11-16-10-15(8-9-18(16)28-19)20(26)22-12-17-13(3)23-24(5)14(17)4/h11,15H,6-10,12H2,1-5H3,(H,22,26). The highest BCUT2D eigenvalue weighted by Gasteiger charge is 2.28. The van der Waals surface area contributed by atoms with Crippen molar-refractivity contribution in [1.29, 1.82) is 0 Å². The monoisotopic (exact) mass is 402 g/mol. The van der Waals surface area contributed by atoms with Gasteiger partial charge < -0.3 is 10.2 Å². The Kier molecular flexibility index (Phi) is 6.23. The first-order chi connectivity index (χ1) is 13.3. The van der Waals surface area contributed by atoms with Crippen molar-refractivity contribution >= 4 is 23.2 Å². The van der Waals surface area contributed by atoms with E-state index < -0.39 is 0 Å². The van der Waals surface area contributed by atoms with E-state index in [-0.39, 0.29) is 17.7 Å². The van der Waals surface area contributed by atoms with Crippen LogP contribution in [0, 0.1) is 19.8 Å². The summed E-state index contributed by atoms with van der Waals surface area (Å²) in [6, 6.07) is 2.01. The van der Waals surface area contributed by atoms with Gasteiger partial charge in [0, 0.05) is 48.7 Å². The predicted molar refractivity (Wildman–Crippen MR) is 112 cm³/mol. The van der Waals surface area contributed by atoms with Crippen LogP contribution in [0.4, 0.5) is 0 Å². The third kappa shape index (κ3) is 3.99. The summed E-state index contributed by atoms with van der Waals surface area (Å²) in [6.07, 6.45) is 2.42. The van der Waals surface area contributed by atoms with E-state index in [9.17, 15) is 9.59 Å². The second-order valence-corrected chi connectivity index (χ2v) is 8.60. The van der Waals surface area contributed by atoms with Gasteiger partial charge in [-0.1, -0.05) is 0 Å². The highest BCUT2D eigenvalue weighted by molar-refractivity contribution is 7.14. The number of carbonyl (C=O) groups excluding carboxylic acids is 2. The topological polar surface area (TPSA) is 67.2 Å². The van der Waals surface area contributed by atoms with E-state index in [1.54, 1.807) is 11.3 Å². The van der Waals surface area contributed by atoms with Gasteiger partial charge in [0.15, 0.2) is 0 Å². The summed E-state index contributed by atoms with van der Waals surface area (Å²) in [5.74, 6) is 0.167. The van der Waals surface area contributed by atoms with Crippen molar-refractivity contribution in [3.05, 3.63) is 38.3 Å². The van der Waals surface area contributed by atoms with Gasteiger partial charge in [-0.3, -0.25) is 14.3 Å². The molecule has 0 aromatic carbocycles. The molecule has 0 saturated carbocycles. The first kappa shape index (κ1) is 20.6. The minimum Gasteiger partial charge on any atom is -0.352 e. The van der Waals surface area contributed by atoms with Crippen LogP contribution in [0.1, 0.15) is 57.3 Å². The van der Waals surface area contributed by atoms with Crippen molar-refractivity contribution in [2.45, 2.75) is 53.5 Å². The van der Waals surface area contributed by atoms with E-state index in [0.29, 0.717) is 13.0 Å². The lowest BCUT2D eigenvalue weighted by Crippen LogP contribution is -2.33. The zero-order valence-corrected chi connectivity index (χ0v) is 18.3. The fourth-order valence-electron chi connectivity index (χ4n) is 3.91. The van der Waals surface area contributed by atoms with Crippen LogP contribution in [-0.4, -0.2) is 39.6 Å². The highest BCUT2D eigenvalue weighted by atomic mass is 32.1. The molecular weight excluding hydrogens is 372 g/mol. The molecule has 0 bridgehead atoms. The molecule has 1 atom stereocenters. The maximum absolute atomic E-state index is 12.7. The second-order valence-electron chi connectivity index (χ2n) is 7.47. The van der Waals surface area contributed by atoms with Crippen LogP contribution in [-0.2, 0) is 31.2 Å². The second kappa shape index (κ2) is 8.47. The number of aryl methyl sites for hydroxylation is 3. The van der Waals surface area contributed by atoms with Crippen molar-refractivity contribution in [2.75, 3.05) is 13.1 Å². The van der Waals surface area contributed by atoms with Crippen molar-refractivity contribution < 1.29 is 9.59 Å². The van der Waals surface area contributed by atoms with Crippen LogP contribution in [0.3, 0.4) is 0 Å². The molecule has 1 unspecified atom stereocenters. The minimum atomic E-state index is -0.0317. The highest BCUT2D eigenvalue weighted by Crippen LogP contribution is 2.33. The van der Waals surface area contributed by atoms with Gasteiger partial charge in [-0.25, -0.2) is 0 Å². The molecule has 0 aliphatic heterocycles. The number of amides is 2. The molecule has 6 nitrogen and oxygen atoms in total. The molecule has 28 heavy (non-hydrogen) atoms. The smallest absolute Gasteiger partial charge is 0.263 e. The maximum atomic E-state index is 12.7. The average Bonchev–Trinajstić information content (AvgIpc) is 3.21. The number of hydrogen-bond acceptors (Lipinski definition) is 4. The number of carbonyl (C=O) groups is 2. The molecule has 1 aliphatic carbocycles. The molecule has 2 aromatic heterocycles. The molecule has 1 aliphatic rings. The molecule has 2 heterocycles. The number of hydrogen-bond donors (Lipinski definition) is 1. The van der Waals surface area contributed by atoms with Crippen LogP contribution in [0.2, 0.25) is 0 Å².